The Balaban J connectivity index is 1.56. The topological polar surface area (TPSA) is 56.0 Å². The van der Waals surface area contributed by atoms with E-state index in [0.717, 1.165) is 44.1 Å². The Bertz CT molecular complexity index is 479. The Morgan fingerprint density at radius 2 is 1.70 bits per heavy atom. The van der Waals surface area contributed by atoms with Gasteiger partial charge in [0, 0.05) is 12.1 Å². The highest BCUT2D eigenvalue weighted by Crippen LogP contribution is 2.43. The van der Waals surface area contributed by atoms with E-state index in [2.05, 4.69) is 23.5 Å². The van der Waals surface area contributed by atoms with Crippen LogP contribution in [-0.2, 0) is 5.41 Å². The first-order chi connectivity index (χ1) is 9.72. The minimum atomic E-state index is -0.285. The SMILES string of the molecule is N#CC1(c2ccccc2)CC(NC2CCC(O)CC2)C1. The van der Waals surface area contributed by atoms with Gasteiger partial charge in [-0.05, 0) is 44.1 Å². The molecule has 3 nitrogen and oxygen atoms in total. The maximum Gasteiger partial charge on any atom is 0.0852 e. The number of aliphatic hydroxyl groups is 1. The highest BCUT2D eigenvalue weighted by molar-refractivity contribution is 5.36. The van der Waals surface area contributed by atoms with Crippen molar-refractivity contribution in [3.63, 3.8) is 0 Å². The molecule has 20 heavy (non-hydrogen) atoms. The summed E-state index contributed by atoms with van der Waals surface area (Å²) in [6.07, 6.45) is 5.65. The first kappa shape index (κ1) is 13.6. The fraction of sp³-hybridized carbons (Fsp3) is 0.588. The van der Waals surface area contributed by atoms with Gasteiger partial charge in [0.25, 0.3) is 0 Å². The second-order valence-electron chi connectivity index (χ2n) is 6.34. The molecule has 3 heteroatoms. The van der Waals surface area contributed by atoms with Crippen LogP contribution < -0.4 is 5.32 Å². The molecule has 0 radical (unpaired) electrons. The summed E-state index contributed by atoms with van der Waals surface area (Å²) in [5.74, 6) is 0. The zero-order valence-electron chi connectivity index (χ0n) is 11.8. The second kappa shape index (κ2) is 5.55. The summed E-state index contributed by atoms with van der Waals surface area (Å²) in [6.45, 7) is 0. The van der Waals surface area contributed by atoms with Crippen LogP contribution in [0.2, 0.25) is 0 Å². The number of aliphatic hydroxyl groups excluding tert-OH is 1. The number of rotatable bonds is 3. The number of benzene rings is 1. The minimum Gasteiger partial charge on any atom is -0.393 e. The van der Waals surface area contributed by atoms with Crippen molar-refractivity contribution in [2.75, 3.05) is 0 Å². The largest absolute Gasteiger partial charge is 0.393 e. The lowest BCUT2D eigenvalue weighted by Crippen LogP contribution is -2.54. The van der Waals surface area contributed by atoms with Gasteiger partial charge in [-0.3, -0.25) is 0 Å². The van der Waals surface area contributed by atoms with E-state index in [1.165, 1.54) is 0 Å². The van der Waals surface area contributed by atoms with Crippen LogP contribution >= 0.6 is 0 Å². The average molecular weight is 270 g/mol. The molecule has 0 spiro atoms. The molecule has 2 aliphatic carbocycles. The maximum absolute atomic E-state index is 9.54. The van der Waals surface area contributed by atoms with Crippen molar-refractivity contribution in [3.8, 4) is 6.07 Å². The lowest BCUT2D eigenvalue weighted by atomic mass is 9.62. The first-order valence-electron chi connectivity index (χ1n) is 7.63. The van der Waals surface area contributed by atoms with Gasteiger partial charge < -0.3 is 10.4 Å². The molecule has 0 saturated heterocycles. The van der Waals surface area contributed by atoms with Crippen molar-refractivity contribution in [2.24, 2.45) is 0 Å². The lowest BCUT2D eigenvalue weighted by Gasteiger charge is -2.45. The minimum absolute atomic E-state index is 0.100. The van der Waals surface area contributed by atoms with E-state index in [4.69, 9.17) is 0 Å². The van der Waals surface area contributed by atoms with E-state index in [1.807, 2.05) is 18.2 Å². The summed E-state index contributed by atoms with van der Waals surface area (Å²) in [5.41, 5.74) is 0.868. The molecule has 1 aromatic carbocycles. The third-order valence-corrected chi connectivity index (χ3v) is 4.90. The molecule has 3 rings (SSSR count). The number of nitrogens with zero attached hydrogens (tertiary/aromatic N) is 1. The quantitative estimate of drug-likeness (QED) is 0.887. The zero-order valence-corrected chi connectivity index (χ0v) is 11.8. The fourth-order valence-corrected chi connectivity index (χ4v) is 3.62. The van der Waals surface area contributed by atoms with E-state index in [0.29, 0.717) is 12.1 Å². The number of hydrogen-bond acceptors (Lipinski definition) is 3. The summed E-state index contributed by atoms with van der Waals surface area (Å²) in [5, 5.41) is 22.7. The summed E-state index contributed by atoms with van der Waals surface area (Å²) in [7, 11) is 0. The predicted octanol–water partition coefficient (Wildman–Crippen LogP) is 2.50. The van der Waals surface area contributed by atoms with Crippen LogP contribution in [-0.4, -0.2) is 23.3 Å². The van der Waals surface area contributed by atoms with Gasteiger partial charge in [0.2, 0.25) is 0 Å². The van der Waals surface area contributed by atoms with Gasteiger partial charge in [0.05, 0.1) is 17.6 Å². The molecule has 106 valence electrons. The van der Waals surface area contributed by atoms with Crippen LogP contribution in [0.1, 0.15) is 44.1 Å². The monoisotopic (exact) mass is 270 g/mol. The molecule has 2 N–H and O–H groups in total. The number of nitriles is 1. The Morgan fingerprint density at radius 3 is 2.30 bits per heavy atom. The van der Waals surface area contributed by atoms with Crippen molar-refractivity contribution in [3.05, 3.63) is 35.9 Å². The molecule has 0 bridgehead atoms. The molecule has 0 aromatic heterocycles. The Hall–Kier alpha value is -1.37. The summed E-state index contributed by atoms with van der Waals surface area (Å²) < 4.78 is 0. The Labute approximate surface area is 120 Å². The van der Waals surface area contributed by atoms with E-state index in [9.17, 15) is 10.4 Å². The lowest BCUT2D eigenvalue weighted by molar-refractivity contribution is 0.104. The average Bonchev–Trinajstić information content (AvgIpc) is 2.45. The van der Waals surface area contributed by atoms with Crippen molar-refractivity contribution >= 4 is 0 Å². The molecule has 0 heterocycles. The summed E-state index contributed by atoms with van der Waals surface area (Å²) in [6, 6.07) is 13.7. The molecule has 0 aliphatic heterocycles. The van der Waals surface area contributed by atoms with Crippen molar-refractivity contribution in [1.82, 2.24) is 5.32 Å². The summed E-state index contributed by atoms with van der Waals surface area (Å²) in [4.78, 5) is 0. The highest BCUT2D eigenvalue weighted by Gasteiger charge is 2.46. The molecule has 0 amide bonds. The van der Waals surface area contributed by atoms with Crippen LogP contribution in [0.5, 0.6) is 0 Å². The zero-order chi connectivity index (χ0) is 14.0. The fourth-order valence-electron chi connectivity index (χ4n) is 3.62. The Kier molecular flexibility index (Phi) is 3.78. The van der Waals surface area contributed by atoms with Gasteiger partial charge in [-0.15, -0.1) is 0 Å². The van der Waals surface area contributed by atoms with Crippen LogP contribution in [0.3, 0.4) is 0 Å². The summed E-state index contributed by atoms with van der Waals surface area (Å²) >= 11 is 0. The molecule has 1 aromatic rings. The van der Waals surface area contributed by atoms with E-state index >= 15 is 0 Å². The normalized spacial score (nSPS) is 36.9. The highest BCUT2D eigenvalue weighted by atomic mass is 16.3. The molecular weight excluding hydrogens is 248 g/mol. The third-order valence-electron chi connectivity index (χ3n) is 4.90. The smallest absolute Gasteiger partial charge is 0.0852 e. The van der Waals surface area contributed by atoms with Crippen molar-refractivity contribution in [1.29, 1.82) is 5.26 Å². The second-order valence-corrected chi connectivity index (χ2v) is 6.34. The van der Waals surface area contributed by atoms with E-state index in [1.54, 1.807) is 0 Å². The van der Waals surface area contributed by atoms with Gasteiger partial charge in [-0.2, -0.15) is 5.26 Å². The van der Waals surface area contributed by atoms with E-state index < -0.39 is 0 Å². The van der Waals surface area contributed by atoms with Crippen molar-refractivity contribution in [2.45, 2.75) is 62.1 Å². The van der Waals surface area contributed by atoms with E-state index in [-0.39, 0.29) is 11.5 Å². The Morgan fingerprint density at radius 1 is 1.05 bits per heavy atom. The number of nitrogens with one attached hydrogen (secondary N) is 1. The molecular formula is C17H22N2O. The third kappa shape index (κ3) is 2.59. The maximum atomic E-state index is 9.54. The van der Waals surface area contributed by atoms with Gasteiger partial charge in [-0.25, -0.2) is 0 Å². The number of hydrogen-bond donors (Lipinski definition) is 2. The molecule has 2 aliphatic rings. The van der Waals surface area contributed by atoms with Crippen LogP contribution in [0.15, 0.2) is 30.3 Å². The van der Waals surface area contributed by atoms with Crippen LogP contribution in [0.4, 0.5) is 0 Å². The predicted molar refractivity (Wildman–Crippen MR) is 78.2 cm³/mol. The van der Waals surface area contributed by atoms with Gasteiger partial charge in [0.15, 0.2) is 0 Å². The van der Waals surface area contributed by atoms with Crippen LogP contribution in [0, 0.1) is 11.3 Å². The first-order valence-corrected chi connectivity index (χ1v) is 7.63. The van der Waals surface area contributed by atoms with Gasteiger partial charge in [0.1, 0.15) is 0 Å². The van der Waals surface area contributed by atoms with Gasteiger partial charge >= 0.3 is 0 Å². The molecule has 2 saturated carbocycles. The molecule has 0 unspecified atom stereocenters. The van der Waals surface area contributed by atoms with Gasteiger partial charge in [-0.1, -0.05) is 30.3 Å². The standard InChI is InChI=1S/C17H22N2O/c18-12-17(13-4-2-1-3-5-13)10-15(11-17)19-14-6-8-16(20)9-7-14/h1-5,14-16,19-20H,6-11H2. The van der Waals surface area contributed by atoms with Crippen molar-refractivity contribution < 1.29 is 5.11 Å². The molecule has 0 atom stereocenters. The van der Waals surface area contributed by atoms with Crippen LogP contribution in [0.25, 0.3) is 0 Å². The molecule has 2 fully saturated rings.